The molecular weight excluding hydrogens is 669 g/mol. The first kappa shape index (κ1) is 29.8. The van der Waals surface area contributed by atoms with E-state index in [1.54, 1.807) is 6.92 Å². The minimum atomic E-state index is -1.19. The number of benzene rings is 4. The van der Waals surface area contributed by atoms with Gasteiger partial charge in [0.25, 0.3) is 5.78 Å². The Balaban J connectivity index is 1.42. The van der Waals surface area contributed by atoms with Crippen molar-refractivity contribution in [3.8, 4) is 11.5 Å². The zero-order valence-electron chi connectivity index (χ0n) is 23.2. The molecule has 0 saturated carbocycles. The molecule has 1 unspecified atom stereocenters. The highest BCUT2D eigenvalue weighted by Crippen LogP contribution is 2.47. The zero-order chi connectivity index (χ0) is 31.1. The fourth-order valence-electron chi connectivity index (χ4n) is 5.06. The summed E-state index contributed by atoms with van der Waals surface area (Å²) in [6, 6.07) is 20.0. The molecule has 5 aromatic rings. The van der Waals surface area contributed by atoms with Crippen LogP contribution >= 0.6 is 39.0 Å². The summed E-state index contributed by atoms with van der Waals surface area (Å²) in [5.41, 5.74) is 1.56. The van der Waals surface area contributed by atoms with Gasteiger partial charge in [-0.15, -0.1) is 10.2 Å². The Kier molecular flexibility index (Phi) is 8.14. The van der Waals surface area contributed by atoms with Gasteiger partial charge in [-0.1, -0.05) is 77.7 Å². The third kappa shape index (κ3) is 5.33. The van der Waals surface area contributed by atoms with Crippen LogP contribution in [0, 0.1) is 12.7 Å². The lowest BCUT2D eigenvalue weighted by Gasteiger charge is -2.23. The molecule has 1 fully saturated rings. The van der Waals surface area contributed by atoms with Crippen LogP contribution in [-0.2, 0) is 15.3 Å². The van der Waals surface area contributed by atoms with Crippen molar-refractivity contribution in [1.29, 1.82) is 0 Å². The van der Waals surface area contributed by atoms with Crippen molar-refractivity contribution in [3.05, 3.63) is 111 Å². The molecule has 1 aliphatic rings. The third-order valence-electron chi connectivity index (χ3n) is 7.31. The molecule has 1 aromatic heterocycles. The maximum Gasteiger partial charge on any atom is 0.301 e. The van der Waals surface area contributed by atoms with E-state index in [2.05, 4.69) is 32.2 Å². The van der Waals surface area contributed by atoms with Crippen LogP contribution in [0.5, 0.6) is 11.5 Å². The van der Waals surface area contributed by atoms with Crippen molar-refractivity contribution in [2.75, 3.05) is 12.0 Å². The Bertz CT molecular complexity index is 1990. The van der Waals surface area contributed by atoms with Crippen LogP contribution in [0.2, 0.25) is 0 Å². The molecule has 0 bridgehead atoms. The summed E-state index contributed by atoms with van der Waals surface area (Å²) in [5.74, 6) is -2.55. The van der Waals surface area contributed by atoms with Crippen molar-refractivity contribution in [2.24, 2.45) is 0 Å². The van der Waals surface area contributed by atoms with E-state index in [0.717, 1.165) is 38.6 Å². The number of aromatic hydroxyl groups is 1. The molecule has 2 heterocycles. The number of anilines is 1. The molecule has 1 saturated heterocycles. The second kappa shape index (κ2) is 12.0. The van der Waals surface area contributed by atoms with E-state index in [-0.39, 0.29) is 32.2 Å². The van der Waals surface area contributed by atoms with Gasteiger partial charge >= 0.3 is 5.91 Å². The average molecular weight is 693 g/mol. The molecule has 8 nitrogen and oxygen atoms in total. The first-order chi connectivity index (χ1) is 21.2. The van der Waals surface area contributed by atoms with Gasteiger partial charge in [0.05, 0.1) is 23.2 Å². The number of carbonyl (C=O) groups is 2. The number of hydrogen-bond acceptors (Lipinski definition) is 9. The van der Waals surface area contributed by atoms with Crippen molar-refractivity contribution in [1.82, 2.24) is 10.2 Å². The van der Waals surface area contributed by atoms with Gasteiger partial charge in [0, 0.05) is 11.3 Å². The quantitative estimate of drug-likeness (QED) is 0.0592. The number of ether oxygens (including phenoxy) is 1. The number of phenolic OH excluding ortho intramolecular Hbond substituents is 1. The minimum absolute atomic E-state index is 0.0319. The van der Waals surface area contributed by atoms with Crippen LogP contribution in [0.4, 0.5) is 9.52 Å². The predicted molar refractivity (Wildman–Crippen MR) is 172 cm³/mol. The number of phenols is 1. The molecule has 1 amide bonds. The fraction of sp³-hybridized carbons (Fsp3) is 0.125. The summed E-state index contributed by atoms with van der Waals surface area (Å²) >= 11 is 5.87. The lowest BCUT2D eigenvalue weighted by atomic mass is 9.94. The third-order valence-corrected chi connectivity index (χ3v) is 10.0. The Morgan fingerprint density at radius 1 is 1.09 bits per heavy atom. The first-order valence-corrected chi connectivity index (χ1v) is 15.8. The van der Waals surface area contributed by atoms with Gasteiger partial charge in [-0.25, -0.2) is 4.39 Å². The summed E-state index contributed by atoms with van der Waals surface area (Å²) in [5, 5.41) is 32.7. The zero-order valence-corrected chi connectivity index (χ0v) is 26.5. The number of aliphatic hydroxyl groups excluding tert-OH is 1. The van der Waals surface area contributed by atoms with Crippen LogP contribution in [0.1, 0.15) is 28.3 Å². The Morgan fingerprint density at radius 2 is 1.86 bits per heavy atom. The molecule has 1 aliphatic heterocycles. The van der Waals surface area contributed by atoms with Gasteiger partial charge < -0.3 is 14.9 Å². The number of aliphatic hydroxyl groups is 1. The Morgan fingerprint density at radius 3 is 2.64 bits per heavy atom. The highest BCUT2D eigenvalue weighted by molar-refractivity contribution is 9.10. The first-order valence-electron chi connectivity index (χ1n) is 13.2. The van der Waals surface area contributed by atoms with E-state index in [1.807, 2.05) is 36.4 Å². The standard InChI is InChI=1S/C32H23BrFN3O5S2/c1-16-10-11-18(13-23(16)34)27(38)25-26(20-12-22(33)28(39)24(14-20)42-2)37(30(41)29(25)40)31-35-36-32(44-31)43-15-19-8-5-7-17-6-3-4-9-21(17)19/h3-14,26,38-39H,15H2,1-2H3. The van der Waals surface area contributed by atoms with Crippen molar-refractivity contribution in [2.45, 2.75) is 23.1 Å². The van der Waals surface area contributed by atoms with Gasteiger partial charge in [-0.05, 0) is 68.5 Å². The van der Waals surface area contributed by atoms with Gasteiger partial charge in [0.15, 0.2) is 15.8 Å². The molecule has 0 radical (unpaired) electrons. The van der Waals surface area contributed by atoms with Crippen molar-refractivity contribution in [3.63, 3.8) is 0 Å². The van der Waals surface area contributed by atoms with Crippen LogP contribution in [-0.4, -0.2) is 39.2 Å². The largest absolute Gasteiger partial charge is 0.507 e. The summed E-state index contributed by atoms with van der Waals surface area (Å²) in [7, 11) is 1.36. The Hall–Kier alpha value is -4.26. The normalized spacial score (nSPS) is 16.2. The van der Waals surface area contributed by atoms with Crippen LogP contribution in [0.15, 0.2) is 87.2 Å². The topological polar surface area (TPSA) is 113 Å². The van der Waals surface area contributed by atoms with E-state index >= 15 is 0 Å². The maximum atomic E-state index is 14.5. The number of nitrogens with zero attached hydrogens (tertiary/aromatic N) is 3. The molecule has 6 rings (SSSR count). The lowest BCUT2D eigenvalue weighted by molar-refractivity contribution is -0.132. The summed E-state index contributed by atoms with van der Waals surface area (Å²) < 4.78 is 20.6. The van der Waals surface area contributed by atoms with Crippen molar-refractivity contribution < 1.29 is 28.9 Å². The molecule has 0 spiro atoms. The number of rotatable bonds is 7. The molecule has 0 aliphatic carbocycles. The van der Waals surface area contributed by atoms with Crippen molar-refractivity contribution >= 4 is 72.4 Å². The highest BCUT2D eigenvalue weighted by atomic mass is 79.9. The monoisotopic (exact) mass is 691 g/mol. The van der Waals surface area contributed by atoms with E-state index in [1.165, 1.54) is 43.1 Å². The molecular formula is C32H23BrFN3O5S2. The molecule has 222 valence electrons. The summed E-state index contributed by atoms with van der Waals surface area (Å²) in [4.78, 5) is 28.3. The van der Waals surface area contributed by atoms with E-state index in [0.29, 0.717) is 21.2 Å². The number of carbonyl (C=O) groups excluding carboxylic acids is 2. The molecule has 2 N–H and O–H groups in total. The summed E-state index contributed by atoms with van der Waals surface area (Å²) in [6.07, 6.45) is 0. The molecule has 12 heteroatoms. The van der Waals surface area contributed by atoms with Gasteiger partial charge in [0.1, 0.15) is 11.6 Å². The number of thioether (sulfide) groups is 1. The number of Topliss-reactive ketones (excluding diaryl/α,β-unsaturated/α-hetero) is 1. The smallest absolute Gasteiger partial charge is 0.301 e. The molecule has 1 atom stereocenters. The second-order valence-corrected chi connectivity index (χ2v) is 13.0. The number of aryl methyl sites for hydroxylation is 1. The van der Waals surface area contributed by atoms with Crippen LogP contribution in [0.25, 0.3) is 16.5 Å². The molecule has 44 heavy (non-hydrogen) atoms. The van der Waals surface area contributed by atoms with Crippen LogP contribution < -0.4 is 9.64 Å². The van der Waals surface area contributed by atoms with E-state index in [4.69, 9.17) is 4.74 Å². The van der Waals surface area contributed by atoms with E-state index in [9.17, 15) is 24.2 Å². The average Bonchev–Trinajstić information content (AvgIpc) is 3.60. The number of halogens is 2. The predicted octanol–water partition coefficient (Wildman–Crippen LogP) is 7.53. The number of hydrogen-bond donors (Lipinski definition) is 2. The summed E-state index contributed by atoms with van der Waals surface area (Å²) in [6.45, 7) is 1.57. The van der Waals surface area contributed by atoms with Gasteiger partial charge in [0.2, 0.25) is 5.13 Å². The number of aromatic nitrogens is 2. The Labute approximate surface area is 267 Å². The van der Waals surface area contributed by atoms with Crippen LogP contribution in [0.3, 0.4) is 0 Å². The fourth-order valence-corrected chi connectivity index (χ4v) is 7.40. The SMILES string of the molecule is COc1cc(C2C(=C(O)c3ccc(C)c(F)c3)C(=O)C(=O)N2c2nnc(SCc3cccc4ccccc34)s2)cc(Br)c1O. The lowest BCUT2D eigenvalue weighted by Crippen LogP contribution is -2.29. The number of fused-ring (bicyclic) bond motifs is 1. The number of ketones is 1. The van der Waals surface area contributed by atoms with E-state index < -0.39 is 29.3 Å². The van der Waals surface area contributed by atoms with Gasteiger partial charge in [-0.3, -0.25) is 14.5 Å². The number of amides is 1. The second-order valence-electron chi connectivity index (χ2n) is 9.96. The minimum Gasteiger partial charge on any atom is -0.507 e. The highest BCUT2D eigenvalue weighted by Gasteiger charge is 2.48. The molecule has 4 aromatic carbocycles. The van der Waals surface area contributed by atoms with Gasteiger partial charge in [-0.2, -0.15) is 0 Å². The number of methoxy groups -OCH3 is 1. The maximum absolute atomic E-state index is 14.5.